The molecule has 0 aliphatic heterocycles. The molecule has 1 nitrogen and oxygen atoms in total. The molecule has 3 unspecified atom stereocenters. The molecule has 0 saturated carbocycles. The van der Waals surface area contributed by atoms with Crippen LogP contribution < -0.4 is 5.73 Å². The Balaban J connectivity index is 3.88. The molecule has 14 heavy (non-hydrogen) atoms. The van der Waals surface area contributed by atoms with Gasteiger partial charge in [0, 0.05) is 6.04 Å². The lowest BCUT2D eigenvalue weighted by molar-refractivity contribution is 0.267. The summed E-state index contributed by atoms with van der Waals surface area (Å²) < 4.78 is 0. The van der Waals surface area contributed by atoms with Gasteiger partial charge >= 0.3 is 0 Å². The first-order valence-corrected chi connectivity index (χ1v) is 6.02. The minimum atomic E-state index is 0.386. The maximum atomic E-state index is 6.15. The molecule has 0 heterocycles. The Kier molecular flexibility index (Phi) is 5.73. The minimum absolute atomic E-state index is 0.386. The maximum Gasteiger partial charge on any atom is 0.00669 e. The summed E-state index contributed by atoms with van der Waals surface area (Å²) in [4.78, 5) is 0. The predicted molar refractivity (Wildman–Crippen MR) is 65.3 cm³/mol. The van der Waals surface area contributed by atoms with Gasteiger partial charge in [0.15, 0.2) is 0 Å². The molecule has 0 fully saturated rings. The Morgan fingerprint density at radius 2 is 1.64 bits per heavy atom. The van der Waals surface area contributed by atoms with Crippen LogP contribution in [0.25, 0.3) is 0 Å². The van der Waals surface area contributed by atoms with Crippen molar-refractivity contribution in [1.29, 1.82) is 0 Å². The van der Waals surface area contributed by atoms with Crippen LogP contribution in [-0.2, 0) is 0 Å². The van der Waals surface area contributed by atoms with E-state index >= 15 is 0 Å². The van der Waals surface area contributed by atoms with Gasteiger partial charge in [0.05, 0.1) is 0 Å². The van der Waals surface area contributed by atoms with Gasteiger partial charge in [-0.2, -0.15) is 0 Å². The SMILES string of the molecule is CCC(C)C(N)CC(C)CC(C)(C)C. The molecule has 0 rings (SSSR count). The first-order valence-electron chi connectivity index (χ1n) is 6.02. The highest BCUT2D eigenvalue weighted by Gasteiger charge is 2.19. The third-order valence-electron chi connectivity index (χ3n) is 3.01. The molecule has 2 N–H and O–H groups in total. The zero-order valence-corrected chi connectivity index (χ0v) is 10.9. The van der Waals surface area contributed by atoms with Gasteiger partial charge in [-0.3, -0.25) is 0 Å². The fraction of sp³-hybridized carbons (Fsp3) is 1.00. The van der Waals surface area contributed by atoms with Crippen molar-refractivity contribution in [3.8, 4) is 0 Å². The third-order valence-corrected chi connectivity index (χ3v) is 3.01. The Morgan fingerprint density at radius 3 is 2.00 bits per heavy atom. The fourth-order valence-electron chi connectivity index (χ4n) is 2.13. The number of nitrogens with two attached hydrogens (primary N) is 1. The van der Waals surface area contributed by atoms with Gasteiger partial charge in [0.1, 0.15) is 0 Å². The summed E-state index contributed by atoms with van der Waals surface area (Å²) >= 11 is 0. The first-order chi connectivity index (χ1) is 6.26. The van der Waals surface area contributed by atoms with Crippen molar-refractivity contribution in [2.45, 2.75) is 66.8 Å². The van der Waals surface area contributed by atoms with E-state index in [1.807, 2.05) is 0 Å². The number of rotatable bonds is 5. The Hall–Kier alpha value is -0.0400. The summed E-state index contributed by atoms with van der Waals surface area (Å²) in [5.41, 5.74) is 6.59. The first kappa shape index (κ1) is 14.0. The Morgan fingerprint density at radius 1 is 1.14 bits per heavy atom. The highest BCUT2D eigenvalue weighted by molar-refractivity contribution is 4.74. The van der Waals surface area contributed by atoms with Gasteiger partial charge in [0.25, 0.3) is 0 Å². The third kappa shape index (κ3) is 6.42. The monoisotopic (exact) mass is 199 g/mol. The highest BCUT2D eigenvalue weighted by atomic mass is 14.6. The molecule has 0 bridgehead atoms. The summed E-state index contributed by atoms with van der Waals surface area (Å²) in [6, 6.07) is 0.386. The molecule has 0 aliphatic rings. The Bertz CT molecular complexity index is 146. The zero-order chi connectivity index (χ0) is 11.4. The van der Waals surface area contributed by atoms with Crippen LogP contribution in [0.2, 0.25) is 0 Å². The van der Waals surface area contributed by atoms with Crippen LogP contribution in [0.5, 0.6) is 0 Å². The van der Waals surface area contributed by atoms with E-state index in [0.29, 0.717) is 17.4 Å². The second kappa shape index (κ2) is 5.75. The van der Waals surface area contributed by atoms with Gasteiger partial charge in [-0.1, -0.05) is 48.0 Å². The van der Waals surface area contributed by atoms with Gasteiger partial charge in [-0.25, -0.2) is 0 Å². The molecule has 0 aromatic heterocycles. The van der Waals surface area contributed by atoms with Crippen LogP contribution >= 0.6 is 0 Å². The second-order valence-corrected chi connectivity index (χ2v) is 6.16. The fourth-order valence-corrected chi connectivity index (χ4v) is 2.13. The van der Waals surface area contributed by atoms with E-state index in [9.17, 15) is 0 Å². The van der Waals surface area contributed by atoms with Crippen molar-refractivity contribution < 1.29 is 0 Å². The summed E-state index contributed by atoms with van der Waals surface area (Å²) in [5.74, 6) is 1.41. The molecular weight excluding hydrogens is 170 g/mol. The molecule has 0 aliphatic carbocycles. The van der Waals surface area contributed by atoms with Crippen molar-refractivity contribution in [1.82, 2.24) is 0 Å². The number of hydrogen-bond donors (Lipinski definition) is 1. The van der Waals surface area contributed by atoms with E-state index in [1.54, 1.807) is 0 Å². The van der Waals surface area contributed by atoms with E-state index in [4.69, 9.17) is 5.73 Å². The largest absolute Gasteiger partial charge is 0.327 e. The average Bonchev–Trinajstić information content (AvgIpc) is 1.99. The van der Waals surface area contributed by atoms with Crippen LogP contribution in [-0.4, -0.2) is 6.04 Å². The molecular formula is C13H29N. The molecule has 0 aromatic carbocycles. The molecule has 1 heteroatoms. The van der Waals surface area contributed by atoms with Crippen molar-refractivity contribution in [2.75, 3.05) is 0 Å². The van der Waals surface area contributed by atoms with Gasteiger partial charge in [0.2, 0.25) is 0 Å². The van der Waals surface area contributed by atoms with Crippen molar-refractivity contribution in [3.05, 3.63) is 0 Å². The van der Waals surface area contributed by atoms with Crippen LogP contribution in [0.15, 0.2) is 0 Å². The lowest BCUT2D eigenvalue weighted by Gasteiger charge is -2.27. The predicted octanol–water partition coefficient (Wildman–Crippen LogP) is 3.82. The number of hydrogen-bond acceptors (Lipinski definition) is 1. The standard InChI is InChI=1S/C13H29N/c1-7-11(3)12(14)8-10(2)9-13(4,5)6/h10-12H,7-9,14H2,1-6H3. The molecule has 86 valence electrons. The van der Waals surface area contributed by atoms with E-state index in [0.717, 1.165) is 5.92 Å². The van der Waals surface area contributed by atoms with E-state index in [1.165, 1.54) is 19.3 Å². The van der Waals surface area contributed by atoms with Crippen LogP contribution in [0.1, 0.15) is 60.8 Å². The molecule has 3 atom stereocenters. The maximum absolute atomic E-state index is 6.15. The summed E-state index contributed by atoms with van der Waals surface area (Å²) in [7, 11) is 0. The van der Waals surface area contributed by atoms with Crippen molar-refractivity contribution >= 4 is 0 Å². The van der Waals surface area contributed by atoms with Crippen molar-refractivity contribution in [2.24, 2.45) is 23.0 Å². The van der Waals surface area contributed by atoms with Gasteiger partial charge < -0.3 is 5.73 Å². The quantitative estimate of drug-likeness (QED) is 0.715. The molecule has 0 radical (unpaired) electrons. The normalized spacial score (nSPS) is 19.1. The lowest BCUT2D eigenvalue weighted by Crippen LogP contribution is -2.30. The minimum Gasteiger partial charge on any atom is -0.327 e. The van der Waals surface area contributed by atoms with E-state index in [-0.39, 0.29) is 0 Å². The van der Waals surface area contributed by atoms with Crippen LogP contribution in [0.3, 0.4) is 0 Å². The topological polar surface area (TPSA) is 26.0 Å². The van der Waals surface area contributed by atoms with Crippen molar-refractivity contribution in [3.63, 3.8) is 0 Å². The van der Waals surface area contributed by atoms with Gasteiger partial charge in [-0.05, 0) is 30.1 Å². The van der Waals surface area contributed by atoms with Gasteiger partial charge in [-0.15, -0.1) is 0 Å². The summed E-state index contributed by atoms with van der Waals surface area (Å²) in [5, 5.41) is 0. The van der Waals surface area contributed by atoms with E-state index < -0.39 is 0 Å². The smallest absolute Gasteiger partial charge is 0.00669 e. The molecule has 0 amide bonds. The summed E-state index contributed by atoms with van der Waals surface area (Å²) in [6.45, 7) is 13.7. The van der Waals surface area contributed by atoms with E-state index in [2.05, 4.69) is 41.5 Å². The van der Waals surface area contributed by atoms with Crippen LogP contribution in [0, 0.1) is 17.3 Å². The summed E-state index contributed by atoms with van der Waals surface area (Å²) in [6.07, 6.45) is 3.65. The molecule has 0 aromatic rings. The van der Waals surface area contributed by atoms with Crippen LogP contribution in [0.4, 0.5) is 0 Å². The average molecular weight is 199 g/mol. The molecule has 0 saturated heterocycles. The Labute approximate surface area is 90.5 Å². The molecule has 0 spiro atoms. The highest BCUT2D eigenvalue weighted by Crippen LogP contribution is 2.27. The second-order valence-electron chi connectivity index (χ2n) is 6.16. The zero-order valence-electron chi connectivity index (χ0n) is 10.9. The lowest BCUT2D eigenvalue weighted by atomic mass is 9.81.